The lowest BCUT2D eigenvalue weighted by Gasteiger charge is -2.18. The number of carbonyl (C=O) groups is 2. The highest BCUT2D eigenvalue weighted by atomic mass is 16.4. The molecule has 7 heteroatoms. The fourth-order valence-corrected chi connectivity index (χ4v) is 1.19. The molecule has 0 aromatic carbocycles. The largest absolute Gasteiger partial charge is 0.477 e. The topological polar surface area (TPSA) is 123 Å². The number of primary amides is 1. The number of anilines is 2. The number of likely N-dealkylation sites (N-methyl/N-ethyl adjacent to an activating group) is 1. The number of aromatic carboxylic acids is 1. The third kappa shape index (κ3) is 2.59. The van der Waals surface area contributed by atoms with E-state index in [1.807, 2.05) is 0 Å². The number of rotatable bonds is 4. The van der Waals surface area contributed by atoms with E-state index in [9.17, 15) is 9.59 Å². The molecule has 0 saturated heterocycles. The number of carboxylic acid groups (broad SMARTS) is 1. The highest BCUT2D eigenvalue weighted by Gasteiger charge is 2.13. The number of pyridine rings is 1. The van der Waals surface area contributed by atoms with Crippen LogP contribution in [0.3, 0.4) is 0 Å². The summed E-state index contributed by atoms with van der Waals surface area (Å²) in [4.78, 5) is 26.6. The third-order valence-electron chi connectivity index (χ3n) is 1.88. The van der Waals surface area contributed by atoms with Crippen molar-refractivity contribution in [2.75, 3.05) is 24.2 Å². The SMILES string of the molecule is CN(CC(N)=O)c1nc(C(=O)O)ccc1N. The number of hydrogen-bond donors (Lipinski definition) is 3. The van der Waals surface area contributed by atoms with E-state index in [1.54, 1.807) is 7.05 Å². The second-order valence-corrected chi connectivity index (χ2v) is 3.24. The summed E-state index contributed by atoms with van der Waals surface area (Å²) in [7, 11) is 1.55. The molecule has 7 nitrogen and oxygen atoms in total. The Kier molecular flexibility index (Phi) is 3.29. The Labute approximate surface area is 91.7 Å². The minimum Gasteiger partial charge on any atom is -0.477 e. The van der Waals surface area contributed by atoms with Crippen LogP contribution in [0.25, 0.3) is 0 Å². The lowest BCUT2D eigenvalue weighted by atomic mass is 10.3. The summed E-state index contributed by atoms with van der Waals surface area (Å²) in [5.74, 6) is -1.49. The standard InChI is InChI=1S/C9H12N4O3/c1-13(4-7(11)14)8-5(10)2-3-6(12-8)9(15)16/h2-3H,4,10H2,1H3,(H2,11,14)(H,15,16). The molecule has 5 N–H and O–H groups in total. The number of carboxylic acids is 1. The van der Waals surface area contributed by atoms with Gasteiger partial charge in [0, 0.05) is 7.05 Å². The Hall–Kier alpha value is -2.31. The first-order valence-corrected chi connectivity index (χ1v) is 4.41. The number of hydrogen-bond acceptors (Lipinski definition) is 5. The van der Waals surface area contributed by atoms with Gasteiger partial charge in [-0.15, -0.1) is 0 Å². The fourth-order valence-electron chi connectivity index (χ4n) is 1.19. The van der Waals surface area contributed by atoms with Crippen molar-refractivity contribution in [2.24, 2.45) is 5.73 Å². The zero-order valence-electron chi connectivity index (χ0n) is 8.67. The second-order valence-electron chi connectivity index (χ2n) is 3.24. The van der Waals surface area contributed by atoms with Crippen molar-refractivity contribution >= 4 is 23.4 Å². The van der Waals surface area contributed by atoms with Gasteiger partial charge in [0.2, 0.25) is 5.91 Å². The lowest BCUT2D eigenvalue weighted by molar-refractivity contribution is -0.116. The Morgan fingerprint density at radius 3 is 2.62 bits per heavy atom. The van der Waals surface area contributed by atoms with Crippen LogP contribution in [-0.2, 0) is 4.79 Å². The van der Waals surface area contributed by atoms with Crippen molar-refractivity contribution in [1.29, 1.82) is 0 Å². The molecule has 0 aliphatic rings. The molecular weight excluding hydrogens is 212 g/mol. The fraction of sp³-hybridized carbons (Fsp3) is 0.222. The third-order valence-corrected chi connectivity index (χ3v) is 1.88. The minimum absolute atomic E-state index is 0.0831. The smallest absolute Gasteiger partial charge is 0.354 e. The summed E-state index contributed by atoms with van der Waals surface area (Å²) in [5.41, 5.74) is 10.8. The van der Waals surface area contributed by atoms with Crippen LogP contribution < -0.4 is 16.4 Å². The number of nitrogens with zero attached hydrogens (tertiary/aromatic N) is 2. The van der Waals surface area contributed by atoms with Gasteiger partial charge in [0.1, 0.15) is 0 Å². The summed E-state index contributed by atoms with van der Waals surface area (Å²) in [6.45, 7) is -0.0831. The molecule has 1 heterocycles. The molecule has 1 amide bonds. The zero-order chi connectivity index (χ0) is 12.3. The van der Waals surface area contributed by atoms with Crippen LogP contribution >= 0.6 is 0 Å². The van der Waals surface area contributed by atoms with Crippen LogP contribution in [0.4, 0.5) is 11.5 Å². The van der Waals surface area contributed by atoms with Crippen molar-refractivity contribution < 1.29 is 14.7 Å². The van der Waals surface area contributed by atoms with Crippen LogP contribution in [0.15, 0.2) is 12.1 Å². The quantitative estimate of drug-likeness (QED) is 0.620. The molecule has 1 rings (SSSR count). The van der Waals surface area contributed by atoms with Gasteiger partial charge in [-0.3, -0.25) is 4.79 Å². The number of amides is 1. The molecule has 1 aromatic rings. The molecule has 0 fully saturated rings. The molecular formula is C9H12N4O3. The molecule has 0 bridgehead atoms. The molecule has 86 valence electrons. The van der Waals surface area contributed by atoms with Gasteiger partial charge in [0.15, 0.2) is 11.5 Å². The van der Waals surface area contributed by atoms with Crippen molar-refractivity contribution in [3.05, 3.63) is 17.8 Å². The van der Waals surface area contributed by atoms with E-state index >= 15 is 0 Å². The molecule has 0 atom stereocenters. The average Bonchev–Trinajstić information content (AvgIpc) is 2.16. The number of nitrogens with two attached hydrogens (primary N) is 2. The van der Waals surface area contributed by atoms with Gasteiger partial charge >= 0.3 is 5.97 Å². The van der Waals surface area contributed by atoms with Crippen molar-refractivity contribution in [3.8, 4) is 0 Å². The normalized spacial score (nSPS) is 9.81. The highest BCUT2D eigenvalue weighted by Crippen LogP contribution is 2.19. The van der Waals surface area contributed by atoms with Gasteiger partial charge < -0.3 is 21.5 Å². The first-order chi connectivity index (χ1) is 7.41. The van der Waals surface area contributed by atoms with Gasteiger partial charge in [-0.05, 0) is 12.1 Å². The Balaban J connectivity index is 3.06. The Morgan fingerprint density at radius 2 is 2.12 bits per heavy atom. The van der Waals surface area contributed by atoms with Crippen LogP contribution in [-0.4, -0.2) is 35.6 Å². The van der Waals surface area contributed by atoms with Crippen molar-refractivity contribution in [2.45, 2.75) is 0 Å². The molecule has 0 aliphatic carbocycles. The number of nitrogen functional groups attached to an aromatic ring is 1. The maximum Gasteiger partial charge on any atom is 0.354 e. The van der Waals surface area contributed by atoms with E-state index in [4.69, 9.17) is 16.6 Å². The molecule has 1 aromatic heterocycles. The highest BCUT2D eigenvalue weighted by molar-refractivity contribution is 5.87. The van der Waals surface area contributed by atoms with Crippen LogP contribution in [0.2, 0.25) is 0 Å². The summed E-state index contributed by atoms with van der Waals surface area (Å²) in [6.07, 6.45) is 0. The van der Waals surface area contributed by atoms with E-state index in [-0.39, 0.29) is 23.7 Å². The molecule has 0 saturated carbocycles. The summed E-state index contributed by atoms with van der Waals surface area (Å²) >= 11 is 0. The van der Waals surface area contributed by atoms with E-state index in [2.05, 4.69) is 4.98 Å². The molecule has 16 heavy (non-hydrogen) atoms. The number of carbonyl (C=O) groups excluding carboxylic acids is 1. The monoisotopic (exact) mass is 224 g/mol. The van der Waals surface area contributed by atoms with Gasteiger partial charge in [0.25, 0.3) is 0 Å². The molecule has 0 spiro atoms. The summed E-state index contributed by atoms with van der Waals surface area (Å²) < 4.78 is 0. The molecule has 0 radical (unpaired) electrons. The van der Waals surface area contributed by atoms with Crippen molar-refractivity contribution in [1.82, 2.24) is 4.98 Å². The molecule has 0 unspecified atom stereocenters. The van der Waals surface area contributed by atoms with Crippen molar-refractivity contribution in [3.63, 3.8) is 0 Å². The minimum atomic E-state index is -1.16. The zero-order valence-corrected chi connectivity index (χ0v) is 8.67. The van der Waals surface area contributed by atoms with Gasteiger partial charge in [-0.2, -0.15) is 0 Å². The first-order valence-electron chi connectivity index (χ1n) is 4.41. The maximum absolute atomic E-state index is 10.7. The summed E-state index contributed by atoms with van der Waals surface area (Å²) in [5, 5.41) is 8.75. The van der Waals surface area contributed by atoms with Gasteiger partial charge in [-0.1, -0.05) is 0 Å². The Morgan fingerprint density at radius 1 is 1.50 bits per heavy atom. The van der Waals surface area contributed by atoms with Crippen LogP contribution in [0.5, 0.6) is 0 Å². The Bertz CT molecular complexity index is 433. The summed E-state index contributed by atoms with van der Waals surface area (Å²) in [6, 6.07) is 2.71. The van der Waals surface area contributed by atoms with E-state index < -0.39 is 11.9 Å². The van der Waals surface area contributed by atoms with Crippen LogP contribution in [0.1, 0.15) is 10.5 Å². The molecule has 0 aliphatic heterocycles. The van der Waals surface area contributed by atoms with E-state index in [0.29, 0.717) is 0 Å². The van der Waals surface area contributed by atoms with Gasteiger partial charge in [0.05, 0.1) is 12.2 Å². The predicted molar refractivity (Wildman–Crippen MR) is 58.1 cm³/mol. The van der Waals surface area contributed by atoms with Crippen LogP contribution in [0, 0.1) is 0 Å². The van der Waals surface area contributed by atoms with E-state index in [0.717, 1.165) is 0 Å². The van der Waals surface area contributed by atoms with E-state index in [1.165, 1.54) is 17.0 Å². The maximum atomic E-state index is 10.7. The predicted octanol–water partition coefficient (Wildman–Crippen LogP) is -0.716. The second kappa shape index (κ2) is 4.47. The van der Waals surface area contributed by atoms with Gasteiger partial charge in [-0.25, -0.2) is 9.78 Å². The average molecular weight is 224 g/mol. The number of aromatic nitrogens is 1. The first kappa shape index (κ1) is 11.8. The lowest BCUT2D eigenvalue weighted by Crippen LogP contribution is -2.31.